The number of halogens is 1. The van der Waals surface area contributed by atoms with Crippen molar-refractivity contribution in [2.75, 3.05) is 35.6 Å². The zero-order chi connectivity index (χ0) is 21.7. The van der Waals surface area contributed by atoms with Crippen LogP contribution in [0.1, 0.15) is 17.3 Å². The summed E-state index contributed by atoms with van der Waals surface area (Å²) in [7, 11) is 1.72. The fourth-order valence-electron chi connectivity index (χ4n) is 4.08. The van der Waals surface area contributed by atoms with Crippen molar-refractivity contribution in [1.82, 2.24) is 20.1 Å². The molecule has 1 unspecified atom stereocenters. The summed E-state index contributed by atoms with van der Waals surface area (Å²) in [4.78, 5) is 19.8. The van der Waals surface area contributed by atoms with Gasteiger partial charge in [-0.05, 0) is 31.2 Å². The molecule has 4 aromatic rings. The molecule has 1 saturated heterocycles. The van der Waals surface area contributed by atoms with Crippen LogP contribution in [0.25, 0.3) is 21.1 Å². The summed E-state index contributed by atoms with van der Waals surface area (Å²) in [5.41, 5.74) is 8.63. The largest absolute Gasteiger partial charge is 0.375 e. The van der Waals surface area contributed by atoms with Crippen LogP contribution < -0.4 is 21.3 Å². The predicted molar refractivity (Wildman–Crippen MR) is 122 cm³/mol. The lowest BCUT2D eigenvalue weighted by Crippen LogP contribution is -2.49. The number of hydrogen-bond donors (Lipinski definition) is 3. The van der Waals surface area contributed by atoms with Gasteiger partial charge in [0.15, 0.2) is 10.9 Å². The minimum Gasteiger partial charge on any atom is -0.375 e. The second-order valence-corrected chi connectivity index (χ2v) is 8.85. The Bertz CT molecular complexity index is 1310. The van der Waals surface area contributed by atoms with Crippen molar-refractivity contribution in [2.45, 2.75) is 13.0 Å². The van der Waals surface area contributed by atoms with E-state index in [4.69, 9.17) is 5.73 Å². The van der Waals surface area contributed by atoms with Crippen molar-refractivity contribution >= 4 is 54.9 Å². The van der Waals surface area contributed by atoms with Gasteiger partial charge in [0.25, 0.3) is 5.91 Å². The van der Waals surface area contributed by atoms with E-state index in [2.05, 4.69) is 32.5 Å². The normalized spacial score (nSPS) is 16.9. The third-order valence-electron chi connectivity index (χ3n) is 5.43. The van der Waals surface area contributed by atoms with E-state index in [0.29, 0.717) is 33.3 Å². The Kier molecular flexibility index (Phi) is 4.75. The monoisotopic (exact) mass is 439 g/mol. The molecule has 1 aliphatic heterocycles. The molecule has 0 radical (unpaired) electrons. The molecule has 0 spiro atoms. The van der Waals surface area contributed by atoms with Gasteiger partial charge in [-0.3, -0.25) is 9.48 Å². The molecule has 31 heavy (non-hydrogen) atoms. The van der Waals surface area contributed by atoms with Crippen molar-refractivity contribution < 1.29 is 9.18 Å². The molecule has 5 rings (SSSR count). The molecule has 160 valence electrons. The zero-order valence-corrected chi connectivity index (χ0v) is 18.0. The van der Waals surface area contributed by atoms with Crippen molar-refractivity contribution in [3.63, 3.8) is 0 Å². The summed E-state index contributed by atoms with van der Waals surface area (Å²) in [5.74, 6) is -0.849. The van der Waals surface area contributed by atoms with Gasteiger partial charge in [0.2, 0.25) is 0 Å². The number of nitrogens with zero attached hydrogens (tertiary/aromatic N) is 4. The number of benzene rings is 2. The van der Waals surface area contributed by atoms with Gasteiger partial charge in [0.05, 0.1) is 21.5 Å². The lowest BCUT2D eigenvalue weighted by atomic mass is 10.1. The highest BCUT2D eigenvalue weighted by Crippen LogP contribution is 2.36. The Morgan fingerprint density at radius 2 is 2.19 bits per heavy atom. The summed E-state index contributed by atoms with van der Waals surface area (Å²) in [6.45, 7) is 4.77. The molecule has 10 heteroatoms. The number of nitrogen functional groups attached to an aromatic ring is 1. The van der Waals surface area contributed by atoms with Crippen molar-refractivity contribution in [3.8, 4) is 0 Å². The van der Waals surface area contributed by atoms with Crippen LogP contribution in [0.4, 0.5) is 20.9 Å². The van der Waals surface area contributed by atoms with E-state index in [-0.39, 0.29) is 11.4 Å². The van der Waals surface area contributed by atoms with Gasteiger partial charge < -0.3 is 21.3 Å². The molecular weight excluding hydrogens is 417 g/mol. The van der Waals surface area contributed by atoms with Crippen LogP contribution in [0, 0.1) is 5.82 Å². The number of piperazine rings is 1. The molecule has 1 aliphatic rings. The quantitative estimate of drug-likeness (QED) is 0.454. The van der Waals surface area contributed by atoms with Crippen LogP contribution in [0.2, 0.25) is 0 Å². The third kappa shape index (κ3) is 3.57. The lowest BCUT2D eigenvalue weighted by Gasteiger charge is -2.34. The number of aromatic nitrogens is 3. The van der Waals surface area contributed by atoms with E-state index in [1.54, 1.807) is 25.4 Å². The minimum absolute atomic E-state index is 0.268. The van der Waals surface area contributed by atoms with Crippen LogP contribution in [0.5, 0.6) is 0 Å². The second kappa shape index (κ2) is 7.47. The molecule has 0 saturated carbocycles. The molecule has 1 fully saturated rings. The second-order valence-electron chi connectivity index (χ2n) is 7.82. The highest BCUT2D eigenvalue weighted by molar-refractivity contribution is 7.22. The number of aryl methyl sites for hydroxylation is 1. The Labute approximate surface area is 181 Å². The van der Waals surface area contributed by atoms with Crippen LogP contribution in [0.15, 0.2) is 30.5 Å². The van der Waals surface area contributed by atoms with Gasteiger partial charge in [-0.1, -0.05) is 11.3 Å². The van der Waals surface area contributed by atoms with E-state index >= 15 is 0 Å². The van der Waals surface area contributed by atoms with Gasteiger partial charge in [0, 0.05) is 50.0 Å². The average Bonchev–Trinajstić information content (AvgIpc) is 3.28. The molecule has 1 amide bonds. The molecule has 2 aromatic carbocycles. The first-order valence-electron chi connectivity index (χ1n) is 10.0. The SMILES string of the molecule is CC1CN(c2ccc(C(=O)Nc3cc(F)c4nn(C)cc4c3)c3nc(N)sc23)CCN1. The van der Waals surface area contributed by atoms with E-state index in [0.717, 1.165) is 30.0 Å². The van der Waals surface area contributed by atoms with Crippen molar-refractivity contribution in [1.29, 1.82) is 0 Å². The number of nitrogens with one attached hydrogen (secondary N) is 2. The van der Waals surface area contributed by atoms with E-state index < -0.39 is 5.82 Å². The van der Waals surface area contributed by atoms with Crippen molar-refractivity contribution in [2.24, 2.45) is 7.05 Å². The van der Waals surface area contributed by atoms with Crippen LogP contribution >= 0.6 is 11.3 Å². The highest BCUT2D eigenvalue weighted by Gasteiger charge is 2.23. The molecule has 2 aromatic heterocycles. The summed E-state index contributed by atoms with van der Waals surface area (Å²) < 4.78 is 16.8. The summed E-state index contributed by atoms with van der Waals surface area (Å²) in [5, 5.41) is 11.3. The summed E-state index contributed by atoms with van der Waals surface area (Å²) >= 11 is 1.37. The Morgan fingerprint density at radius 3 is 3.00 bits per heavy atom. The number of nitrogens with two attached hydrogens (primary N) is 1. The van der Waals surface area contributed by atoms with Crippen LogP contribution in [0.3, 0.4) is 0 Å². The van der Waals surface area contributed by atoms with Crippen LogP contribution in [-0.2, 0) is 7.05 Å². The fourth-order valence-corrected chi connectivity index (χ4v) is 4.98. The Balaban J connectivity index is 1.50. The minimum atomic E-state index is -0.486. The first kappa shape index (κ1) is 19.7. The number of thiazole rings is 1. The maximum atomic E-state index is 14.4. The average molecular weight is 440 g/mol. The fraction of sp³-hybridized carbons (Fsp3) is 0.286. The Morgan fingerprint density at radius 1 is 1.35 bits per heavy atom. The van der Waals surface area contributed by atoms with Gasteiger partial charge in [-0.25, -0.2) is 9.37 Å². The van der Waals surface area contributed by atoms with Crippen LogP contribution in [-0.4, -0.2) is 46.3 Å². The van der Waals surface area contributed by atoms with Gasteiger partial charge in [0.1, 0.15) is 5.52 Å². The number of anilines is 3. The van der Waals surface area contributed by atoms with E-state index in [1.807, 2.05) is 6.07 Å². The first-order chi connectivity index (χ1) is 14.9. The molecule has 0 bridgehead atoms. The number of rotatable bonds is 3. The van der Waals surface area contributed by atoms with Gasteiger partial charge in [-0.15, -0.1) is 0 Å². The maximum absolute atomic E-state index is 14.4. The molecular formula is C21H22FN7OS. The Hall–Kier alpha value is -3.24. The number of hydrogen-bond acceptors (Lipinski definition) is 7. The lowest BCUT2D eigenvalue weighted by molar-refractivity contribution is 0.102. The smallest absolute Gasteiger partial charge is 0.257 e. The van der Waals surface area contributed by atoms with E-state index in [1.165, 1.54) is 22.1 Å². The zero-order valence-electron chi connectivity index (χ0n) is 17.1. The highest BCUT2D eigenvalue weighted by atomic mass is 32.1. The van der Waals surface area contributed by atoms with E-state index in [9.17, 15) is 9.18 Å². The molecule has 0 aliphatic carbocycles. The number of carbonyl (C=O) groups is 1. The predicted octanol–water partition coefficient (Wildman–Crippen LogP) is 2.95. The number of carbonyl (C=O) groups excluding carboxylic acids is 1. The van der Waals surface area contributed by atoms with Gasteiger partial charge in [-0.2, -0.15) is 5.10 Å². The molecule has 4 N–H and O–H groups in total. The summed E-state index contributed by atoms with van der Waals surface area (Å²) in [6.07, 6.45) is 1.71. The number of amides is 1. The number of fused-ring (bicyclic) bond motifs is 2. The molecule has 8 nitrogen and oxygen atoms in total. The first-order valence-corrected chi connectivity index (χ1v) is 10.8. The molecule has 1 atom stereocenters. The van der Waals surface area contributed by atoms with Crippen molar-refractivity contribution in [3.05, 3.63) is 41.8 Å². The summed E-state index contributed by atoms with van der Waals surface area (Å²) in [6, 6.07) is 7.05. The van der Waals surface area contributed by atoms with Gasteiger partial charge >= 0.3 is 0 Å². The third-order valence-corrected chi connectivity index (χ3v) is 6.33. The standard InChI is InChI=1S/C21H22FN7OS/c1-11-9-29(6-5-24-11)16-4-3-14(18-19(16)31-21(23)26-18)20(30)25-13-7-12-10-28(2)27-17(12)15(22)8-13/h3-4,7-8,10-11,24H,5-6,9H2,1-2H3,(H2,23,26)(H,25,30). The topological polar surface area (TPSA) is 101 Å². The molecule has 3 heterocycles. The maximum Gasteiger partial charge on any atom is 0.257 e.